The van der Waals surface area contributed by atoms with Gasteiger partial charge in [-0.3, -0.25) is 25.8 Å². The Labute approximate surface area is 159 Å². The number of nitrogens with zero attached hydrogens (tertiary/aromatic N) is 1. The van der Waals surface area contributed by atoms with Crippen LogP contribution in [0.1, 0.15) is 21.5 Å². The molecular weight excluding hydrogens is 372 g/mol. The van der Waals surface area contributed by atoms with Gasteiger partial charge in [-0.1, -0.05) is 6.07 Å². The summed E-state index contributed by atoms with van der Waals surface area (Å²) >= 11 is 5.12. The molecule has 9 nitrogen and oxygen atoms in total. The third-order valence-electron chi connectivity index (χ3n) is 3.84. The van der Waals surface area contributed by atoms with Gasteiger partial charge in [-0.25, -0.2) is 0 Å². The van der Waals surface area contributed by atoms with Gasteiger partial charge in [0.15, 0.2) is 16.6 Å². The Morgan fingerprint density at radius 2 is 1.96 bits per heavy atom. The van der Waals surface area contributed by atoms with Crippen molar-refractivity contribution < 1.29 is 19.2 Å². The molecule has 1 amide bonds. The number of amides is 1. The Kier molecular flexibility index (Phi) is 5.36. The van der Waals surface area contributed by atoms with Gasteiger partial charge in [-0.15, -0.1) is 0 Å². The summed E-state index contributed by atoms with van der Waals surface area (Å²) in [6, 6.07) is 9.65. The lowest BCUT2D eigenvalue weighted by molar-refractivity contribution is -0.385. The van der Waals surface area contributed by atoms with Gasteiger partial charge in [-0.05, 0) is 49.0 Å². The summed E-state index contributed by atoms with van der Waals surface area (Å²) in [7, 11) is 0. The molecular formula is C17H16N4O5S. The number of hydrogen-bond acceptors (Lipinski definition) is 6. The van der Waals surface area contributed by atoms with Crippen molar-refractivity contribution in [1.82, 2.24) is 16.2 Å². The third-order valence-corrected chi connectivity index (χ3v) is 4.08. The highest BCUT2D eigenvalue weighted by atomic mass is 32.1. The quantitative estimate of drug-likeness (QED) is 0.414. The number of nitro benzene ring substituents is 1. The fourth-order valence-corrected chi connectivity index (χ4v) is 2.59. The number of nitrogens with one attached hydrogen (secondary N) is 3. The number of nitro groups is 1. The molecule has 2 aromatic rings. The fourth-order valence-electron chi connectivity index (χ4n) is 2.46. The number of fused-ring (bicyclic) bond motifs is 1. The van der Waals surface area contributed by atoms with Crippen molar-refractivity contribution >= 4 is 28.9 Å². The lowest BCUT2D eigenvalue weighted by atomic mass is 10.1. The second-order valence-corrected chi connectivity index (χ2v) is 6.12. The van der Waals surface area contributed by atoms with E-state index < -0.39 is 10.8 Å². The largest absolute Gasteiger partial charge is 0.454 e. The van der Waals surface area contributed by atoms with Gasteiger partial charge < -0.3 is 14.8 Å². The average molecular weight is 388 g/mol. The predicted molar refractivity (Wildman–Crippen MR) is 100 cm³/mol. The molecule has 0 radical (unpaired) electrons. The van der Waals surface area contributed by atoms with E-state index in [4.69, 9.17) is 21.7 Å². The van der Waals surface area contributed by atoms with Gasteiger partial charge in [0.1, 0.15) is 0 Å². The standard InChI is InChI=1S/C17H16N4O5S/c1-10-6-12(3-4-13(10)21(23)24)16(22)19-20-17(27)18-8-11-2-5-14-15(7-11)26-9-25-14/h2-7H,8-9H2,1H3,(H,19,22)(H2,18,20,27). The van der Waals surface area contributed by atoms with Crippen LogP contribution in [0.5, 0.6) is 11.5 Å². The number of hydrogen-bond donors (Lipinski definition) is 3. The van der Waals surface area contributed by atoms with Crippen LogP contribution >= 0.6 is 12.2 Å². The molecule has 0 aromatic heterocycles. The lowest BCUT2D eigenvalue weighted by Gasteiger charge is -2.12. The van der Waals surface area contributed by atoms with E-state index in [-0.39, 0.29) is 23.2 Å². The SMILES string of the molecule is Cc1cc(C(=O)NNC(=S)NCc2ccc3c(c2)OCO3)ccc1[N+](=O)[O-]. The van der Waals surface area contributed by atoms with Crippen LogP contribution in [0.25, 0.3) is 0 Å². The number of rotatable bonds is 4. The minimum Gasteiger partial charge on any atom is -0.454 e. The number of carbonyl (C=O) groups is 1. The molecule has 10 heteroatoms. The topological polar surface area (TPSA) is 115 Å². The summed E-state index contributed by atoms with van der Waals surface area (Å²) < 4.78 is 10.6. The molecule has 0 unspecified atom stereocenters. The molecule has 2 aromatic carbocycles. The Morgan fingerprint density at radius 1 is 1.19 bits per heavy atom. The van der Waals surface area contributed by atoms with Crippen LogP contribution in [-0.4, -0.2) is 22.7 Å². The Balaban J connectivity index is 1.49. The van der Waals surface area contributed by atoms with Crippen molar-refractivity contribution in [2.24, 2.45) is 0 Å². The number of benzene rings is 2. The molecule has 0 saturated heterocycles. The van der Waals surface area contributed by atoms with Gasteiger partial charge in [0.2, 0.25) is 6.79 Å². The first-order chi connectivity index (χ1) is 12.9. The zero-order valence-electron chi connectivity index (χ0n) is 14.3. The van der Waals surface area contributed by atoms with Gasteiger partial charge in [0, 0.05) is 23.7 Å². The molecule has 27 heavy (non-hydrogen) atoms. The Morgan fingerprint density at radius 3 is 2.70 bits per heavy atom. The molecule has 3 N–H and O–H groups in total. The van der Waals surface area contributed by atoms with E-state index in [1.54, 1.807) is 6.92 Å². The van der Waals surface area contributed by atoms with Crippen molar-refractivity contribution in [1.29, 1.82) is 0 Å². The lowest BCUT2D eigenvalue weighted by Crippen LogP contribution is -2.46. The normalized spacial score (nSPS) is 11.6. The molecule has 3 rings (SSSR count). The van der Waals surface area contributed by atoms with Crippen LogP contribution in [0.2, 0.25) is 0 Å². The summed E-state index contributed by atoms with van der Waals surface area (Å²) in [5.41, 5.74) is 6.61. The first kappa shape index (κ1) is 18.4. The Hall–Kier alpha value is -3.40. The number of thiocarbonyl (C=S) groups is 1. The molecule has 0 atom stereocenters. The molecule has 1 aliphatic rings. The van der Waals surface area contributed by atoms with E-state index >= 15 is 0 Å². The first-order valence-electron chi connectivity index (χ1n) is 7.92. The number of ether oxygens (including phenoxy) is 2. The number of aryl methyl sites for hydroxylation is 1. The number of carbonyl (C=O) groups excluding carboxylic acids is 1. The molecule has 0 spiro atoms. The monoisotopic (exact) mass is 388 g/mol. The van der Waals surface area contributed by atoms with E-state index in [9.17, 15) is 14.9 Å². The predicted octanol–water partition coefficient (Wildman–Crippen LogP) is 1.94. The van der Waals surface area contributed by atoms with Crippen molar-refractivity contribution in [3.8, 4) is 11.5 Å². The summed E-state index contributed by atoms with van der Waals surface area (Å²) in [5, 5.41) is 14.0. The molecule has 0 aliphatic carbocycles. The Bertz CT molecular complexity index is 918. The summed E-state index contributed by atoms with van der Waals surface area (Å²) in [5.74, 6) is 0.917. The zero-order chi connectivity index (χ0) is 19.4. The molecule has 0 bridgehead atoms. The van der Waals surface area contributed by atoms with Crippen LogP contribution in [0.4, 0.5) is 5.69 Å². The maximum atomic E-state index is 12.1. The van der Waals surface area contributed by atoms with E-state index in [1.807, 2.05) is 18.2 Å². The highest BCUT2D eigenvalue weighted by Gasteiger charge is 2.15. The second-order valence-electron chi connectivity index (χ2n) is 5.71. The highest BCUT2D eigenvalue weighted by Crippen LogP contribution is 2.32. The summed E-state index contributed by atoms with van der Waals surface area (Å²) in [4.78, 5) is 22.4. The van der Waals surface area contributed by atoms with Gasteiger partial charge in [0.05, 0.1) is 4.92 Å². The maximum absolute atomic E-state index is 12.1. The minimum absolute atomic E-state index is 0.0413. The first-order valence-corrected chi connectivity index (χ1v) is 8.32. The smallest absolute Gasteiger partial charge is 0.272 e. The van der Waals surface area contributed by atoms with Crippen LogP contribution in [0, 0.1) is 17.0 Å². The van der Waals surface area contributed by atoms with Gasteiger partial charge >= 0.3 is 0 Å². The van der Waals surface area contributed by atoms with Crippen molar-refractivity contribution in [2.75, 3.05) is 6.79 Å². The van der Waals surface area contributed by atoms with Crippen LogP contribution in [0.15, 0.2) is 36.4 Å². The van der Waals surface area contributed by atoms with E-state index in [2.05, 4.69) is 16.2 Å². The summed E-state index contributed by atoms with van der Waals surface area (Å²) in [6.07, 6.45) is 0. The minimum atomic E-state index is -0.496. The van der Waals surface area contributed by atoms with E-state index in [0.717, 1.165) is 5.56 Å². The van der Waals surface area contributed by atoms with Crippen molar-refractivity contribution in [3.63, 3.8) is 0 Å². The van der Waals surface area contributed by atoms with Gasteiger partial charge in [-0.2, -0.15) is 0 Å². The molecule has 1 heterocycles. The zero-order valence-corrected chi connectivity index (χ0v) is 15.1. The highest BCUT2D eigenvalue weighted by molar-refractivity contribution is 7.80. The van der Waals surface area contributed by atoms with E-state index in [0.29, 0.717) is 23.6 Å². The van der Waals surface area contributed by atoms with E-state index in [1.165, 1.54) is 18.2 Å². The second kappa shape index (κ2) is 7.87. The maximum Gasteiger partial charge on any atom is 0.272 e. The number of hydrazine groups is 1. The van der Waals surface area contributed by atoms with Crippen LogP contribution in [0.3, 0.4) is 0 Å². The third kappa shape index (κ3) is 4.42. The fraction of sp³-hybridized carbons (Fsp3) is 0.176. The molecule has 140 valence electrons. The molecule has 0 fully saturated rings. The summed E-state index contributed by atoms with van der Waals surface area (Å²) in [6.45, 7) is 2.20. The molecule has 0 saturated carbocycles. The average Bonchev–Trinajstić information content (AvgIpc) is 3.11. The van der Waals surface area contributed by atoms with Crippen LogP contribution in [-0.2, 0) is 6.54 Å². The van der Waals surface area contributed by atoms with Crippen LogP contribution < -0.4 is 25.6 Å². The van der Waals surface area contributed by atoms with Crippen molar-refractivity contribution in [2.45, 2.75) is 13.5 Å². The van der Waals surface area contributed by atoms with Gasteiger partial charge in [0.25, 0.3) is 11.6 Å². The van der Waals surface area contributed by atoms with Crippen molar-refractivity contribution in [3.05, 3.63) is 63.2 Å². The molecule has 1 aliphatic heterocycles.